The first-order valence-corrected chi connectivity index (χ1v) is 7.24. The van der Waals surface area contributed by atoms with Gasteiger partial charge < -0.3 is 0 Å². The lowest BCUT2D eigenvalue weighted by Crippen LogP contribution is -2.07. The Hall–Kier alpha value is -0.870. The minimum atomic E-state index is -2.84. The van der Waals surface area contributed by atoms with Crippen LogP contribution in [0.5, 0.6) is 0 Å². The monoisotopic (exact) mass is 257 g/mol. The normalized spacial score (nSPS) is 23.9. The van der Waals surface area contributed by atoms with Crippen molar-refractivity contribution in [2.24, 2.45) is 4.99 Å². The minimum Gasteiger partial charge on any atom is -0.288 e. The van der Waals surface area contributed by atoms with E-state index < -0.39 is 9.84 Å². The number of aliphatic imine (C=N–C) groups is 1. The molecule has 1 atom stereocenters. The van der Waals surface area contributed by atoms with E-state index in [0.29, 0.717) is 11.4 Å². The highest BCUT2D eigenvalue weighted by atomic mass is 35.5. The Bertz CT molecular complexity index is 493. The first-order valence-electron chi connectivity index (χ1n) is 5.04. The van der Waals surface area contributed by atoms with E-state index >= 15 is 0 Å². The molecular formula is C11H12ClNO2S. The highest BCUT2D eigenvalue weighted by molar-refractivity contribution is 7.91. The number of benzene rings is 1. The Morgan fingerprint density at radius 2 is 2.00 bits per heavy atom. The van der Waals surface area contributed by atoms with E-state index in [1.54, 1.807) is 18.3 Å². The zero-order valence-corrected chi connectivity index (χ0v) is 10.2. The molecule has 2 rings (SSSR count). The van der Waals surface area contributed by atoms with Crippen LogP contribution in [0.2, 0.25) is 5.02 Å². The average Bonchev–Trinajstić information content (AvgIpc) is 2.58. The molecule has 5 heteroatoms. The number of halogens is 1. The van der Waals surface area contributed by atoms with Gasteiger partial charge in [0.15, 0.2) is 9.84 Å². The fourth-order valence-corrected chi connectivity index (χ4v) is 3.40. The molecule has 0 unspecified atom stereocenters. The highest BCUT2D eigenvalue weighted by Gasteiger charge is 2.26. The molecular weight excluding hydrogens is 246 g/mol. The van der Waals surface area contributed by atoms with Crippen molar-refractivity contribution in [2.75, 3.05) is 11.5 Å². The van der Waals surface area contributed by atoms with E-state index in [0.717, 1.165) is 5.56 Å². The molecule has 1 aliphatic heterocycles. The topological polar surface area (TPSA) is 46.5 Å². The summed E-state index contributed by atoms with van der Waals surface area (Å²) in [7, 11) is -2.84. The first kappa shape index (κ1) is 11.6. The predicted molar refractivity (Wildman–Crippen MR) is 66.1 cm³/mol. The smallest absolute Gasteiger partial charge is 0.152 e. The van der Waals surface area contributed by atoms with E-state index in [-0.39, 0.29) is 17.5 Å². The predicted octanol–water partition coefficient (Wildman–Crippen LogP) is 1.95. The Morgan fingerprint density at radius 1 is 1.31 bits per heavy atom. The molecule has 1 aliphatic rings. The molecule has 0 N–H and O–H groups in total. The maximum Gasteiger partial charge on any atom is 0.152 e. The lowest BCUT2D eigenvalue weighted by molar-refractivity contribution is 0.601. The molecule has 0 bridgehead atoms. The van der Waals surface area contributed by atoms with E-state index in [4.69, 9.17) is 11.6 Å². The van der Waals surface area contributed by atoms with Gasteiger partial charge >= 0.3 is 0 Å². The van der Waals surface area contributed by atoms with Crippen molar-refractivity contribution in [1.29, 1.82) is 0 Å². The van der Waals surface area contributed by atoms with E-state index in [2.05, 4.69) is 4.99 Å². The van der Waals surface area contributed by atoms with E-state index in [1.807, 2.05) is 12.1 Å². The molecule has 16 heavy (non-hydrogen) atoms. The van der Waals surface area contributed by atoms with Crippen LogP contribution in [0.1, 0.15) is 12.0 Å². The van der Waals surface area contributed by atoms with Crippen molar-refractivity contribution in [3.8, 4) is 0 Å². The van der Waals surface area contributed by atoms with Crippen LogP contribution in [-0.2, 0) is 9.84 Å². The van der Waals surface area contributed by atoms with E-state index in [9.17, 15) is 8.42 Å². The van der Waals surface area contributed by atoms with Crippen molar-refractivity contribution in [2.45, 2.75) is 12.5 Å². The molecule has 3 nitrogen and oxygen atoms in total. The highest BCUT2D eigenvalue weighted by Crippen LogP contribution is 2.15. The lowest BCUT2D eigenvalue weighted by Gasteiger charge is -1.99. The third-order valence-corrected chi connectivity index (χ3v) is 4.52. The summed E-state index contributed by atoms with van der Waals surface area (Å²) in [6, 6.07) is 7.20. The molecule has 1 aromatic rings. The summed E-state index contributed by atoms with van der Waals surface area (Å²) < 4.78 is 22.4. The van der Waals surface area contributed by atoms with Crippen LogP contribution in [0, 0.1) is 0 Å². The summed E-state index contributed by atoms with van der Waals surface area (Å²) in [6.45, 7) is 0. The van der Waals surface area contributed by atoms with Crippen molar-refractivity contribution in [3.05, 3.63) is 34.9 Å². The SMILES string of the molecule is O=S1(=O)CC[C@@H](N=Cc2ccc(Cl)cc2)C1. The van der Waals surface area contributed by atoms with Gasteiger partial charge in [0, 0.05) is 11.2 Å². The fourth-order valence-electron chi connectivity index (χ4n) is 1.63. The quantitative estimate of drug-likeness (QED) is 0.761. The van der Waals surface area contributed by atoms with Crippen LogP contribution in [0.25, 0.3) is 0 Å². The molecule has 1 aromatic carbocycles. The summed E-state index contributed by atoms with van der Waals surface area (Å²) in [5.74, 6) is 0.437. The molecule has 1 saturated heterocycles. The van der Waals surface area contributed by atoms with E-state index in [1.165, 1.54) is 0 Å². The van der Waals surface area contributed by atoms with Gasteiger partial charge in [-0.05, 0) is 24.1 Å². The maximum absolute atomic E-state index is 11.2. The molecule has 0 radical (unpaired) electrons. The molecule has 0 amide bonds. The zero-order chi connectivity index (χ0) is 11.6. The first-order chi connectivity index (χ1) is 7.55. The van der Waals surface area contributed by atoms with Crippen LogP contribution in [0.4, 0.5) is 0 Å². The summed E-state index contributed by atoms with van der Waals surface area (Å²) >= 11 is 5.75. The van der Waals surface area contributed by atoms with Crippen molar-refractivity contribution < 1.29 is 8.42 Å². The minimum absolute atomic E-state index is 0.0827. The van der Waals surface area contributed by atoms with Crippen LogP contribution in [0.3, 0.4) is 0 Å². The molecule has 1 fully saturated rings. The molecule has 0 saturated carbocycles. The number of hydrogen-bond donors (Lipinski definition) is 0. The van der Waals surface area contributed by atoms with Gasteiger partial charge in [-0.25, -0.2) is 8.42 Å². The maximum atomic E-state index is 11.2. The standard InChI is InChI=1S/C11H12ClNO2S/c12-10-3-1-9(2-4-10)7-13-11-5-6-16(14,15)8-11/h1-4,7,11H,5-6,8H2/t11-/m1/s1. The Morgan fingerprint density at radius 3 is 2.56 bits per heavy atom. The molecule has 0 aliphatic carbocycles. The van der Waals surface area contributed by atoms with Gasteiger partial charge in [0.2, 0.25) is 0 Å². The van der Waals surface area contributed by atoms with Gasteiger partial charge in [-0.15, -0.1) is 0 Å². The number of nitrogens with zero attached hydrogens (tertiary/aromatic N) is 1. The second-order valence-electron chi connectivity index (χ2n) is 3.89. The van der Waals surface area contributed by atoms with Crippen molar-refractivity contribution >= 4 is 27.7 Å². The Labute approximate surface area is 100 Å². The Kier molecular flexibility index (Phi) is 3.30. The van der Waals surface area contributed by atoms with Gasteiger partial charge in [0.1, 0.15) is 0 Å². The van der Waals surface area contributed by atoms with Gasteiger partial charge in [-0.1, -0.05) is 23.7 Å². The number of hydrogen-bond acceptors (Lipinski definition) is 3. The largest absolute Gasteiger partial charge is 0.288 e. The van der Waals surface area contributed by atoms with Crippen LogP contribution in [0.15, 0.2) is 29.3 Å². The molecule has 1 heterocycles. The lowest BCUT2D eigenvalue weighted by atomic mass is 10.2. The second kappa shape index (κ2) is 4.55. The number of sulfone groups is 1. The van der Waals surface area contributed by atoms with Gasteiger partial charge in [-0.2, -0.15) is 0 Å². The van der Waals surface area contributed by atoms with Crippen LogP contribution < -0.4 is 0 Å². The summed E-state index contributed by atoms with van der Waals surface area (Å²) in [5.41, 5.74) is 0.939. The fraction of sp³-hybridized carbons (Fsp3) is 0.364. The summed E-state index contributed by atoms with van der Waals surface area (Å²) in [6.07, 6.45) is 2.34. The van der Waals surface area contributed by atoms with Crippen LogP contribution in [-0.4, -0.2) is 32.2 Å². The summed E-state index contributed by atoms with van der Waals surface area (Å²) in [5, 5.41) is 0.681. The zero-order valence-electron chi connectivity index (χ0n) is 8.64. The molecule has 0 aromatic heterocycles. The number of rotatable bonds is 2. The average molecular weight is 258 g/mol. The van der Waals surface area contributed by atoms with Gasteiger partial charge in [-0.3, -0.25) is 4.99 Å². The van der Waals surface area contributed by atoms with Crippen molar-refractivity contribution in [1.82, 2.24) is 0 Å². The second-order valence-corrected chi connectivity index (χ2v) is 6.55. The Balaban J connectivity index is 2.03. The molecule has 86 valence electrons. The van der Waals surface area contributed by atoms with Gasteiger partial charge in [0.05, 0.1) is 17.5 Å². The van der Waals surface area contributed by atoms with Gasteiger partial charge in [0.25, 0.3) is 0 Å². The van der Waals surface area contributed by atoms with Crippen LogP contribution >= 0.6 is 11.6 Å². The third-order valence-electron chi connectivity index (χ3n) is 2.51. The summed E-state index contributed by atoms with van der Waals surface area (Å²) in [4.78, 5) is 4.27. The molecule has 0 spiro atoms. The van der Waals surface area contributed by atoms with Crippen molar-refractivity contribution in [3.63, 3.8) is 0 Å². The third kappa shape index (κ3) is 3.06.